The topological polar surface area (TPSA) is 64.4 Å². The molecule has 5 nitrogen and oxygen atoms in total. The van der Waals surface area contributed by atoms with Crippen LogP contribution in [0.15, 0.2) is 41.1 Å². The highest BCUT2D eigenvalue weighted by molar-refractivity contribution is 5.91. The molecule has 1 aromatic heterocycles. The Morgan fingerprint density at radius 1 is 1.33 bits per heavy atom. The second-order valence-corrected chi connectivity index (χ2v) is 3.84. The summed E-state index contributed by atoms with van der Waals surface area (Å²) in [5.41, 5.74) is 0.990. The quantitative estimate of drug-likeness (QED) is 0.898. The van der Waals surface area contributed by atoms with Crippen LogP contribution in [0.1, 0.15) is 29.1 Å². The van der Waals surface area contributed by atoms with E-state index in [4.69, 9.17) is 9.26 Å². The van der Waals surface area contributed by atoms with E-state index in [2.05, 4.69) is 10.5 Å². The summed E-state index contributed by atoms with van der Waals surface area (Å²) in [6.45, 7) is 1.90. The first-order valence-corrected chi connectivity index (χ1v) is 5.56. The lowest BCUT2D eigenvalue weighted by Gasteiger charge is -2.13. The van der Waals surface area contributed by atoms with Crippen LogP contribution in [-0.4, -0.2) is 18.2 Å². The van der Waals surface area contributed by atoms with Crippen molar-refractivity contribution in [3.05, 3.63) is 47.9 Å². The third-order valence-corrected chi connectivity index (χ3v) is 2.63. The highest BCUT2D eigenvalue weighted by Gasteiger charge is 2.14. The molecule has 18 heavy (non-hydrogen) atoms. The maximum Gasteiger partial charge on any atom is 0.290 e. The summed E-state index contributed by atoms with van der Waals surface area (Å²) in [6, 6.07) is 8.93. The van der Waals surface area contributed by atoms with Gasteiger partial charge in [0.25, 0.3) is 5.91 Å². The van der Waals surface area contributed by atoms with Crippen molar-refractivity contribution in [3.63, 3.8) is 0 Å². The molecule has 0 fully saturated rings. The second kappa shape index (κ2) is 5.35. The molecule has 2 aromatic rings. The lowest BCUT2D eigenvalue weighted by Crippen LogP contribution is -2.26. The van der Waals surface area contributed by atoms with Gasteiger partial charge in [-0.15, -0.1) is 0 Å². The Morgan fingerprint density at radius 3 is 2.61 bits per heavy atom. The molecular weight excluding hydrogens is 232 g/mol. The molecule has 94 valence electrons. The van der Waals surface area contributed by atoms with E-state index >= 15 is 0 Å². The highest BCUT2D eigenvalue weighted by Crippen LogP contribution is 2.17. The van der Waals surface area contributed by atoms with Crippen molar-refractivity contribution in [3.8, 4) is 5.75 Å². The average molecular weight is 246 g/mol. The van der Waals surface area contributed by atoms with Crippen LogP contribution in [-0.2, 0) is 0 Å². The number of carbonyl (C=O) groups excluding carboxylic acids is 1. The molecule has 0 spiro atoms. The lowest BCUT2D eigenvalue weighted by atomic mass is 10.1. The van der Waals surface area contributed by atoms with Gasteiger partial charge in [-0.05, 0) is 24.6 Å². The van der Waals surface area contributed by atoms with Crippen LogP contribution in [0.2, 0.25) is 0 Å². The van der Waals surface area contributed by atoms with Gasteiger partial charge in [0.15, 0.2) is 0 Å². The van der Waals surface area contributed by atoms with Crippen molar-refractivity contribution < 1.29 is 14.1 Å². The monoisotopic (exact) mass is 246 g/mol. The number of nitrogens with zero attached hydrogens (tertiary/aromatic N) is 1. The average Bonchev–Trinajstić information content (AvgIpc) is 2.92. The molecule has 0 aliphatic heterocycles. The van der Waals surface area contributed by atoms with Crippen LogP contribution < -0.4 is 10.1 Å². The Bertz CT molecular complexity index is 506. The van der Waals surface area contributed by atoms with Gasteiger partial charge >= 0.3 is 0 Å². The molecule has 0 aliphatic rings. The Labute approximate surface area is 105 Å². The standard InChI is InChI=1S/C13H14N2O3/c1-9(10-3-5-11(17-2)6-4-10)15-13(16)12-7-8-14-18-12/h3-9H,1-2H3,(H,15,16). The van der Waals surface area contributed by atoms with E-state index in [-0.39, 0.29) is 17.7 Å². The Kier molecular flexibility index (Phi) is 3.62. The van der Waals surface area contributed by atoms with Crippen LogP contribution in [0.4, 0.5) is 0 Å². The first-order chi connectivity index (χ1) is 8.70. The summed E-state index contributed by atoms with van der Waals surface area (Å²) in [5.74, 6) is 0.707. The molecule has 5 heteroatoms. The molecular formula is C13H14N2O3. The van der Waals surface area contributed by atoms with Crippen molar-refractivity contribution in [1.82, 2.24) is 10.5 Å². The third kappa shape index (κ3) is 2.68. The largest absolute Gasteiger partial charge is 0.497 e. The molecule has 1 unspecified atom stereocenters. The van der Waals surface area contributed by atoms with Crippen LogP contribution in [0.25, 0.3) is 0 Å². The number of aromatic nitrogens is 1. The summed E-state index contributed by atoms with van der Waals surface area (Å²) < 4.78 is 9.86. The van der Waals surface area contributed by atoms with Crippen molar-refractivity contribution in [2.45, 2.75) is 13.0 Å². The number of nitrogens with one attached hydrogen (secondary N) is 1. The molecule has 0 saturated heterocycles. The van der Waals surface area contributed by atoms with E-state index in [1.54, 1.807) is 7.11 Å². The minimum atomic E-state index is -0.282. The van der Waals surface area contributed by atoms with Gasteiger partial charge in [-0.1, -0.05) is 17.3 Å². The van der Waals surface area contributed by atoms with Gasteiger partial charge in [0.05, 0.1) is 19.3 Å². The van der Waals surface area contributed by atoms with E-state index in [9.17, 15) is 4.79 Å². The summed E-state index contributed by atoms with van der Waals surface area (Å²) in [5, 5.41) is 6.32. The van der Waals surface area contributed by atoms with Crippen LogP contribution in [0.5, 0.6) is 5.75 Å². The number of amides is 1. The molecule has 2 rings (SSSR count). The van der Waals surface area contributed by atoms with Gasteiger partial charge in [0, 0.05) is 6.07 Å². The Balaban J connectivity index is 2.02. The first-order valence-electron chi connectivity index (χ1n) is 5.56. The molecule has 0 saturated carbocycles. The van der Waals surface area contributed by atoms with E-state index < -0.39 is 0 Å². The number of carbonyl (C=O) groups is 1. The first kappa shape index (κ1) is 12.2. The summed E-state index contributed by atoms with van der Waals surface area (Å²) >= 11 is 0. The van der Waals surface area contributed by atoms with E-state index in [0.29, 0.717) is 0 Å². The van der Waals surface area contributed by atoms with E-state index in [1.807, 2.05) is 31.2 Å². The Hall–Kier alpha value is -2.30. The van der Waals surface area contributed by atoms with Crippen molar-refractivity contribution in [2.24, 2.45) is 0 Å². The molecule has 1 aromatic carbocycles. The Morgan fingerprint density at radius 2 is 2.06 bits per heavy atom. The summed E-state index contributed by atoms with van der Waals surface area (Å²) in [7, 11) is 1.62. The van der Waals surface area contributed by atoms with Gasteiger partial charge in [0.2, 0.25) is 5.76 Å². The van der Waals surface area contributed by atoms with Gasteiger partial charge < -0.3 is 14.6 Å². The summed E-state index contributed by atoms with van der Waals surface area (Å²) in [6.07, 6.45) is 1.44. The van der Waals surface area contributed by atoms with Crippen LogP contribution in [0.3, 0.4) is 0 Å². The zero-order valence-electron chi connectivity index (χ0n) is 10.2. The maximum atomic E-state index is 11.7. The minimum absolute atomic E-state index is 0.117. The summed E-state index contributed by atoms with van der Waals surface area (Å²) in [4.78, 5) is 11.7. The SMILES string of the molecule is COc1ccc(C(C)NC(=O)c2ccno2)cc1. The highest BCUT2D eigenvalue weighted by atomic mass is 16.5. The fourth-order valence-electron chi connectivity index (χ4n) is 1.58. The number of methoxy groups -OCH3 is 1. The number of hydrogen-bond donors (Lipinski definition) is 1. The minimum Gasteiger partial charge on any atom is -0.497 e. The fourth-order valence-corrected chi connectivity index (χ4v) is 1.58. The van der Waals surface area contributed by atoms with Crippen molar-refractivity contribution in [1.29, 1.82) is 0 Å². The van der Waals surface area contributed by atoms with Crippen molar-refractivity contribution in [2.75, 3.05) is 7.11 Å². The molecule has 0 bridgehead atoms. The van der Waals surface area contributed by atoms with Gasteiger partial charge in [-0.25, -0.2) is 0 Å². The van der Waals surface area contributed by atoms with Crippen LogP contribution in [0, 0.1) is 0 Å². The molecule has 1 amide bonds. The molecule has 0 radical (unpaired) electrons. The predicted molar refractivity (Wildman–Crippen MR) is 65.4 cm³/mol. The maximum absolute atomic E-state index is 11.7. The van der Waals surface area contributed by atoms with Crippen molar-refractivity contribution >= 4 is 5.91 Å². The van der Waals surface area contributed by atoms with E-state index in [1.165, 1.54) is 12.3 Å². The second-order valence-electron chi connectivity index (χ2n) is 3.84. The van der Waals surface area contributed by atoms with Crippen LogP contribution >= 0.6 is 0 Å². The molecule has 1 N–H and O–H groups in total. The molecule has 0 aliphatic carbocycles. The lowest BCUT2D eigenvalue weighted by molar-refractivity contribution is 0.0902. The zero-order chi connectivity index (χ0) is 13.0. The number of rotatable bonds is 4. The fraction of sp³-hybridized carbons (Fsp3) is 0.231. The van der Waals surface area contributed by atoms with Gasteiger partial charge in [-0.3, -0.25) is 4.79 Å². The number of hydrogen-bond acceptors (Lipinski definition) is 4. The van der Waals surface area contributed by atoms with E-state index in [0.717, 1.165) is 11.3 Å². The van der Waals surface area contributed by atoms with Gasteiger partial charge in [0.1, 0.15) is 5.75 Å². The number of ether oxygens (including phenoxy) is 1. The normalized spacial score (nSPS) is 11.9. The third-order valence-electron chi connectivity index (χ3n) is 2.63. The zero-order valence-corrected chi connectivity index (χ0v) is 10.2. The van der Waals surface area contributed by atoms with Gasteiger partial charge in [-0.2, -0.15) is 0 Å². The predicted octanol–water partition coefficient (Wildman–Crippen LogP) is 2.17. The smallest absolute Gasteiger partial charge is 0.290 e. The molecule has 1 atom stereocenters. The molecule has 1 heterocycles. The number of benzene rings is 1.